The molecule has 0 atom stereocenters. The Kier molecular flexibility index (Phi) is 6.71. The smallest absolute Gasteiger partial charge is 0.234 e. The third kappa shape index (κ3) is 4.92. The molecule has 4 rings (SSSR count). The van der Waals surface area contributed by atoms with Crippen LogP contribution in [0.15, 0.2) is 70.6 Å². The maximum absolute atomic E-state index is 12.6. The van der Waals surface area contributed by atoms with Gasteiger partial charge in [-0.1, -0.05) is 17.8 Å². The second-order valence-electron chi connectivity index (χ2n) is 6.59. The molecule has 32 heavy (non-hydrogen) atoms. The van der Waals surface area contributed by atoms with Gasteiger partial charge in [-0.15, -0.1) is 10.2 Å². The molecule has 1 amide bonds. The Morgan fingerprint density at radius 2 is 2.03 bits per heavy atom. The Labute approximate surface area is 188 Å². The molecule has 0 fully saturated rings. The van der Waals surface area contributed by atoms with E-state index in [1.807, 2.05) is 34.9 Å². The SMILES string of the molecule is COc1ccc(NC(=O)CSc2nnc(-c3ccccn3)n2Cc2ccco2)c(OC)c1. The highest BCUT2D eigenvalue weighted by atomic mass is 32.2. The molecule has 3 heterocycles. The largest absolute Gasteiger partial charge is 0.497 e. The van der Waals surface area contributed by atoms with Crippen LogP contribution in [0.1, 0.15) is 5.76 Å². The van der Waals surface area contributed by atoms with Gasteiger partial charge in [0.15, 0.2) is 11.0 Å². The summed E-state index contributed by atoms with van der Waals surface area (Å²) in [5.41, 5.74) is 1.25. The van der Waals surface area contributed by atoms with Crippen LogP contribution in [0.25, 0.3) is 11.5 Å². The maximum Gasteiger partial charge on any atom is 0.234 e. The Morgan fingerprint density at radius 3 is 2.75 bits per heavy atom. The van der Waals surface area contributed by atoms with E-state index in [0.29, 0.717) is 40.4 Å². The first-order valence-corrected chi connectivity index (χ1v) is 10.7. The summed E-state index contributed by atoms with van der Waals surface area (Å²) in [5.74, 6) is 2.43. The molecule has 3 aromatic heterocycles. The highest BCUT2D eigenvalue weighted by Crippen LogP contribution is 2.30. The van der Waals surface area contributed by atoms with Crippen LogP contribution in [0, 0.1) is 0 Å². The van der Waals surface area contributed by atoms with Gasteiger partial charge in [-0.25, -0.2) is 0 Å². The number of rotatable bonds is 9. The van der Waals surface area contributed by atoms with Gasteiger partial charge < -0.3 is 19.2 Å². The van der Waals surface area contributed by atoms with Gasteiger partial charge >= 0.3 is 0 Å². The third-order valence-corrected chi connectivity index (χ3v) is 5.49. The summed E-state index contributed by atoms with van der Waals surface area (Å²) in [6.45, 7) is 0.419. The van der Waals surface area contributed by atoms with E-state index >= 15 is 0 Å². The van der Waals surface area contributed by atoms with Crippen molar-refractivity contribution < 1.29 is 18.7 Å². The number of ether oxygens (including phenoxy) is 2. The van der Waals surface area contributed by atoms with Crippen molar-refractivity contribution in [2.75, 3.05) is 25.3 Å². The molecule has 0 unspecified atom stereocenters. The topological polar surface area (TPSA) is 104 Å². The van der Waals surface area contributed by atoms with Gasteiger partial charge in [-0.3, -0.25) is 14.3 Å². The molecule has 9 nitrogen and oxygen atoms in total. The lowest BCUT2D eigenvalue weighted by atomic mass is 10.2. The van der Waals surface area contributed by atoms with Gasteiger partial charge in [0.2, 0.25) is 5.91 Å². The molecule has 0 bridgehead atoms. The van der Waals surface area contributed by atoms with Crippen LogP contribution < -0.4 is 14.8 Å². The monoisotopic (exact) mass is 451 g/mol. The van der Waals surface area contributed by atoms with Crippen LogP contribution in [0.2, 0.25) is 0 Å². The van der Waals surface area contributed by atoms with Crippen molar-refractivity contribution in [2.24, 2.45) is 0 Å². The zero-order valence-electron chi connectivity index (χ0n) is 17.5. The fraction of sp³-hybridized carbons (Fsp3) is 0.182. The van der Waals surface area contributed by atoms with Gasteiger partial charge in [0, 0.05) is 12.3 Å². The number of furan rings is 1. The number of aromatic nitrogens is 4. The molecule has 0 saturated heterocycles. The molecule has 0 aliphatic carbocycles. The van der Waals surface area contributed by atoms with Crippen molar-refractivity contribution in [3.63, 3.8) is 0 Å². The second-order valence-corrected chi connectivity index (χ2v) is 7.53. The number of anilines is 1. The fourth-order valence-electron chi connectivity index (χ4n) is 3.00. The van der Waals surface area contributed by atoms with E-state index in [2.05, 4.69) is 20.5 Å². The summed E-state index contributed by atoms with van der Waals surface area (Å²) in [5, 5.41) is 12.0. The van der Waals surface area contributed by atoms with E-state index in [1.165, 1.54) is 18.9 Å². The minimum atomic E-state index is -0.203. The van der Waals surface area contributed by atoms with Crippen LogP contribution in [-0.4, -0.2) is 45.6 Å². The summed E-state index contributed by atoms with van der Waals surface area (Å²) in [7, 11) is 3.11. The van der Waals surface area contributed by atoms with Crippen molar-refractivity contribution in [1.82, 2.24) is 19.7 Å². The van der Waals surface area contributed by atoms with Crippen molar-refractivity contribution in [1.29, 1.82) is 0 Å². The number of thioether (sulfide) groups is 1. The summed E-state index contributed by atoms with van der Waals surface area (Å²) in [6, 6.07) is 14.5. The van der Waals surface area contributed by atoms with Gasteiger partial charge in [0.25, 0.3) is 0 Å². The predicted octanol–water partition coefficient (Wildman–Crippen LogP) is 3.73. The number of nitrogens with one attached hydrogen (secondary N) is 1. The number of nitrogens with zero attached hydrogens (tertiary/aromatic N) is 4. The van der Waals surface area contributed by atoms with E-state index in [-0.39, 0.29) is 11.7 Å². The number of methoxy groups -OCH3 is 2. The molecule has 0 spiro atoms. The summed E-state index contributed by atoms with van der Waals surface area (Å²) < 4.78 is 17.9. The van der Waals surface area contributed by atoms with Crippen LogP contribution in [0.3, 0.4) is 0 Å². The Morgan fingerprint density at radius 1 is 1.12 bits per heavy atom. The molecule has 1 aromatic carbocycles. The van der Waals surface area contributed by atoms with Crippen molar-refractivity contribution in [3.05, 3.63) is 66.8 Å². The fourth-order valence-corrected chi connectivity index (χ4v) is 3.74. The van der Waals surface area contributed by atoms with E-state index < -0.39 is 0 Å². The van der Waals surface area contributed by atoms with E-state index in [0.717, 1.165) is 5.76 Å². The first-order valence-electron chi connectivity index (χ1n) is 9.69. The number of carbonyl (C=O) groups is 1. The summed E-state index contributed by atoms with van der Waals surface area (Å²) in [4.78, 5) is 17.0. The van der Waals surface area contributed by atoms with E-state index in [1.54, 1.807) is 37.8 Å². The van der Waals surface area contributed by atoms with Gasteiger partial charge in [0.05, 0.1) is 38.5 Å². The predicted molar refractivity (Wildman–Crippen MR) is 120 cm³/mol. The highest BCUT2D eigenvalue weighted by molar-refractivity contribution is 7.99. The normalized spacial score (nSPS) is 10.7. The standard InChI is InChI=1S/C22H21N5O4S/c1-29-15-8-9-17(19(12-15)30-2)24-20(28)14-32-22-26-25-21(18-7-3-4-10-23-18)27(22)13-16-6-5-11-31-16/h3-12H,13-14H2,1-2H3,(H,24,28). The number of hydrogen-bond acceptors (Lipinski definition) is 8. The van der Waals surface area contributed by atoms with Crippen molar-refractivity contribution >= 4 is 23.4 Å². The molecule has 4 aromatic rings. The maximum atomic E-state index is 12.6. The number of pyridine rings is 1. The first-order chi connectivity index (χ1) is 15.7. The molecular weight excluding hydrogens is 430 g/mol. The Balaban J connectivity index is 1.50. The minimum Gasteiger partial charge on any atom is -0.497 e. The Hall–Kier alpha value is -3.79. The molecule has 0 aliphatic heterocycles. The second kappa shape index (κ2) is 10.0. The number of benzene rings is 1. The number of carbonyl (C=O) groups excluding carboxylic acids is 1. The summed E-state index contributed by atoms with van der Waals surface area (Å²) >= 11 is 1.28. The van der Waals surface area contributed by atoms with Crippen LogP contribution in [0.4, 0.5) is 5.69 Å². The van der Waals surface area contributed by atoms with Crippen molar-refractivity contribution in [2.45, 2.75) is 11.7 Å². The molecular formula is C22H21N5O4S. The molecule has 10 heteroatoms. The first kappa shape index (κ1) is 21.4. The lowest BCUT2D eigenvalue weighted by Crippen LogP contribution is -2.15. The third-order valence-electron chi connectivity index (χ3n) is 4.52. The molecule has 0 radical (unpaired) electrons. The average Bonchev–Trinajstić information content (AvgIpc) is 3.49. The molecule has 0 saturated carbocycles. The molecule has 0 aliphatic rings. The van der Waals surface area contributed by atoms with Crippen LogP contribution in [-0.2, 0) is 11.3 Å². The lowest BCUT2D eigenvalue weighted by Gasteiger charge is -2.12. The zero-order valence-corrected chi connectivity index (χ0v) is 18.3. The Bertz CT molecular complexity index is 1180. The average molecular weight is 452 g/mol. The number of hydrogen-bond donors (Lipinski definition) is 1. The van der Waals surface area contributed by atoms with E-state index in [4.69, 9.17) is 13.9 Å². The summed E-state index contributed by atoms with van der Waals surface area (Å²) in [6.07, 6.45) is 3.31. The van der Waals surface area contributed by atoms with Crippen LogP contribution >= 0.6 is 11.8 Å². The lowest BCUT2D eigenvalue weighted by molar-refractivity contribution is -0.113. The zero-order chi connectivity index (χ0) is 22.3. The molecule has 164 valence electrons. The minimum absolute atomic E-state index is 0.133. The quantitative estimate of drug-likeness (QED) is 0.384. The van der Waals surface area contributed by atoms with Gasteiger partial charge in [0.1, 0.15) is 23.0 Å². The number of amides is 1. The van der Waals surface area contributed by atoms with Gasteiger partial charge in [-0.05, 0) is 36.4 Å². The van der Waals surface area contributed by atoms with Crippen LogP contribution in [0.5, 0.6) is 11.5 Å². The van der Waals surface area contributed by atoms with E-state index in [9.17, 15) is 4.79 Å². The highest BCUT2D eigenvalue weighted by Gasteiger charge is 2.18. The van der Waals surface area contributed by atoms with Crippen molar-refractivity contribution in [3.8, 4) is 23.0 Å². The van der Waals surface area contributed by atoms with Gasteiger partial charge in [-0.2, -0.15) is 0 Å². The molecule has 1 N–H and O–H groups in total.